The Balaban J connectivity index is 2.10. The summed E-state index contributed by atoms with van der Waals surface area (Å²) in [7, 11) is 0. The van der Waals surface area contributed by atoms with Crippen molar-refractivity contribution >= 4 is 0 Å². The number of nitrogens with zero attached hydrogens (tertiary/aromatic N) is 1. The number of piperidine rings is 1. The summed E-state index contributed by atoms with van der Waals surface area (Å²) in [6.45, 7) is 15.5. The summed E-state index contributed by atoms with van der Waals surface area (Å²) in [6.07, 6.45) is 18.5. The second-order valence-electron chi connectivity index (χ2n) is 8.99. The van der Waals surface area contributed by atoms with Crippen LogP contribution >= 0.6 is 0 Å². The molecule has 0 spiro atoms. The maximum atomic E-state index is 2.57. The lowest BCUT2D eigenvalue weighted by Crippen LogP contribution is -2.29. The average molecular weight is 306 g/mol. The second-order valence-corrected chi connectivity index (χ2v) is 8.99. The predicted octanol–water partition coefficient (Wildman–Crippen LogP) is 6.22. The molecule has 0 aromatic carbocycles. The molecule has 1 aliphatic heterocycles. The first-order valence-corrected chi connectivity index (χ1v) is 9.31. The van der Waals surface area contributed by atoms with E-state index >= 15 is 0 Å². The Morgan fingerprint density at radius 1 is 0.773 bits per heavy atom. The average Bonchev–Trinajstić information content (AvgIpc) is 2.40. The Labute approximate surface area is 139 Å². The quantitative estimate of drug-likeness (QED) is 0.380. The summed E-state index contributed by atoms with van der Waals surface area (Å²) in [4.78, 5) is 2.57. The summed E-state index contributed by atoms with van der Waals surface area (Å²) in [5, 5.41) is 0. The molecule has 0 bridgehead atoms. The number of unbranched alkanes of at least 4 members (excludes halogenated alkanes) is 1. The second kappa shape index (κ2) is 9.55. The number of allylic oxidation sites excluding steroid dienone is 3. The first-order chi connectivity index (χ1) is 10.3. The summed E-state index contributed by atoms with van der Waals surface area (Å²) >= 11 is 0. The molecule has 0 aromatic rings. The van der Waals surface area contributed by atoms with E-state index in [0.717, 1.165) is 6.54 Å². The van der Waals surface area contributed by atoms with Gasteiger partial charge in [0.05, 0.1) is 0 Å². The van der Waals surface area contributed by atoms with Crippen molar-refractivity contribution in [3.05, 3.63) is 24.3 Å². The Morgan fingerprint density at radius 3 is 1.95 bits per heavy atom. The topological polar surface area (TPSA) is 3.24 Å². The molecule has 1 aliphatic rings. The van der Waals surface area contributed by atoms with E-state index in [4.69, 9.17) is 0 Å². The minimum atomic E-state index is 0.416. The molecule has 0 aliphatic carbocycles. The molecule has 22 heavy (non-hydrogen) atoms. The first kappa shape index (κ1) is 19.5. The van der Waals surface area contributed by atoms with Crippen molar-refractivity contribution in [2.45, 2.75) is 79.6 Å². The van der Waals surface area contributed by atoms with Gasteiger partial charge in [-0.1, -0.05) is 65.3 Å². The molecule has 0 aromatic heterocycles. The molecule has 0 atom stereocenters. The number of likely N-dealkylation sites (tertiary alicyclic amines) is 1. The predicted molar refractivity (Wildman–Crippen MR) is 100 cm³/mol. The van der Waals surface area contributed by atoms with Crippen LogP contribution in [-0.2, 0) is 0 Å². The minimum Gasteiger partial charge on any atom is -0.300 e. The van der Waals surface area contributed by atoms with Crippen LogP contribution in [0.5, 0.6) is 0 Å². The highest BCUT2D eigenvalue weighted by Crippen LogP contribution is 2.35. The minimum absolute atomic E-state index is 0.416. The van der Waals surface area contributed by atoms with E-state index in [0.29, 0.717) is 10.8 Å². The van der Waals surface area contributed by atoms with Gasteiger partial charge in [0.25, 0.3) is 0 Å². The van der Waals surface area contributed by atoms with Crippen LogP contribution in [0.1, 0.15) is 79.6 Å². The van der Waals surface area contributed by atoms with Gasteiger partial charge in [-0.2, -0.15) is 0 Å². The van der Waals surface area contributed by atoms with E-state index in [1.165, 1.54) is 58.0 Å². The summed E-state index contributed by atoms with van der Waals surface area (Å²) in [5.41, 5.74) is 0.841. The van der Waals surface area contributed by atoms with Gasteiger partial charge in [0.2, 0.25) is 0 Å². The molecule has 1 heteroatoms. The Hall–Kier alpha value is -0.560. The van der Waals surface area contributed by atoms with E-state index in [2.05, 4.69) is 63.8 Å². The van der Waals surface area contributed by atoms with Crippen LogP contribution in [0.4, 0.5) is 0 Å². The van der Waals surface area contributed by atoms with Crippen LogP contribution in [0.15, 0.2) is 24.3 Å². The van der Waals surface area contributed by atoms with Crippen molar-refractivity contribution in [1.82, 2.24) is 4.90 Å². The Morgan fingerprint density at radius 2 is 1.36 bits per heavy atom. The molecule has 1 fully saturated rings. The zero-order chi connectivity index (χ0) is 16.5. The van der Waals surface area contributed by atoms with E-state index in [1.54, 1.807) is 0 Å². The Bertz CT molecular complexity index is 337. The van der Waals surface area contributed by atoms with Gasteiger partial charge in [-0.05, 0) is 62.4 Å². The molecule has 0 amide bonds. The van der Waals surface area contributed by atoms with Gasteiger partial charge in [0.1, 0.15) is 0 Å². The maximum Gasteiger partial charge on any atom is 0.0163 e. The van der Waals surface area contributed by atoms with Crippen LogP contribution < -0.4 is 0 Å². The van der Waals surface area contributed by atoms with Crippen LogP contribution in [0.3, 0.4) is 0 Å². The van der Waals surface area contributed by atoms with Crippen LogP contribution in [0.25, 0.3) is 0 Å². The van der Waals surface area contributed by atoms with Crippen molar-refractivity contribution < 1.29 is 0 Å². The molecular formula is C21H39N. The van der Waals surface area contributed by atoms with E-state index in [9.17, 15) is 0 Å². The third kappa shape index (κ3) is 10.2. The fourth-order valence-corrected chi connectivity index (χ4v) is 3.70. The summed E-state index contributed by atoms with van der Waals surface area (Å²) in [6, 6.07) is 0. The lowest BCUT2D eigenvalue weighted by molar-refractivity contribution is 0.215. The van der Waals surface area contributed by atoms with Crippen molar-refractivity contribution in [2.24, 2.45) is 10.8 Å². The molecule has 0 unspecified atom stereocenters. The highest BCUT2D eigenvalue weighted by molar-refractivity contribution is 4.92. The van der Waals surface area contributed by atoms with E-state index in [1.807, 2.05) is 0 Å². The highest BCUT2D eigenvalue weighted by Gasteiger charge is 2.23. The monoisotopic (exact) mass is 305 g/mol. The normalized spacial score (nSPS) is 18.6. The Kier molecular flexibility index (Phi) is 8.46. The van der Waals surface area contributed by atoms with Gasteiger partial charge in [0, 0.05) is 6.54 Å². The molecule has 0 radical (unpaired) electrons. The van der Waals surface area contributed by atoms with Gasteiger partial charge in [0.15, 0.2) is 0 Å². The standard InChI is InChI=1S/C21H39N/c1-20(2,3)19-21(4,5)15-11-8-6-7-9-12-16-22-17-13-10-14-18-22/h8-9,11-12H,6-7,10,13-19H2,1-5H3. The highest BCUT2D eigenvalue weighted by atomic mass is 15.1. The lowest BCUT2D eigenvalue weighted by atomic mass is 9.74. The summed E-state index contributed by atoms with van der Waals surface area (Å²) in [5.74, 6) is 0. The number of hydrogen-bond acceptors (Lipinski definition) is 1. The van der Waals surface area contributed by atoms with Gasteiger partial charge in [-0.3, -0.25) is 4.90 Å². The molecule has 1 heterocycles. The number of rotatable bonds is 8. The molecule has 1 nitrogen and oxygen atoms in total. The molecule has 1 rings (SSSR count). The lowest BCUT2D eigenvalue weighted by Gasteiger charge is -2.31. The molecule has 1 saturated heterocycles. The zero-order valence-corrected chi connectivity index (χ0v) is 15.8. The largest absolute Gasteiger partial charge is 0.300 e. The van der Waals surface area contributed by atoms with Crippen molar-refractivity contribution in [1.29, 1.82) is 0 Å². The van der Waals surface area contributed by atoms with Gasteiger partial charge in [-0.15, -0.1) is 0 Å². The third-order valence-corrected chi connectivity index (χ3v) is 4.32. The third-order valence-electron chi connectivity index (χ3n) is 4.32. The fraction of sp³-hybridized carbons (Fsp3) is 0.810. The number of hydrogen-bond donors (Lipinski definition) is 0. The molecule has 0 N–H and O–H groups in total. The van der Waals surface area contributed by atoms with Crippen LogP contribution in [-0.4, -0.2) is 24.5 Å². The SMILES string of the molecule is CC(C)(C)CC(C)(C)CC=CCCC=CCN1CCCCC1. The van der Waals surface area contributed by atoms with E-state index in [-0.39, 0.29) is 0 Å². The van der Waals surface area contributed by atoms with Crippen LogP contribution in [0, 0.1) is 10.8 Å². The molecule has 0 saturated carbocycles. The van der Waals surface area contributed by atoms with Gasteiger partial charge >= 0.3 is 0 Å². The van der Waals surface area contributed by atoms with Gasteiger partial charge < -0.3 is 0 Å². The molecular weight excluding hydrogens is 266 g/mol. The summed E-state index contributed by atoms with van der Waals surface area (Å²) < 4.78 is 0. The van der Waals surface area contributed by atoms with Crippen molar-refractivity contribution in [3.63, 3.8) is 0 Å². The van der Waals surface area contributed by atoms with Crippen LogP contribution in [0.2, 0.25) is 0 Å². The maximum absolute atomic E-state index is 2.57. The van der Waals surface area contributed by atoms with Gasteiger partial charge in [-0.25, -0.2) is 0 Å². The smallest absolute Gasteiger partial charge is 0.0163 e. The zero-order valence-electron chi connectivity index (χ0n) is 15.8. The van der Waals surface area contributed by atoms with Crippen molar-refractivity contribution in [3.8, 4) is 0 Å². The molecule has 128 valence electrons. The fourth-order valence-electron chi connectivity index (χ4n) is 3.70. The first-order valence-electron chi connectivity index (χ1n) is 9.31. The van der Waals surface area contributed by atoms with E-state index < -0.39 is 0 Å². The van der Waals surface area contributed by atoms with Crippen molar-refractivity contribution in [2.75, 3.05) is 19.6 Å².